The number of benzene rings is 2. The fourth-order valence-electron chi connectivity index (χ4n) is 2.05. The molecule has 0 radical (unpaired) electrons. The minimum atomic E-state index is -3.61. The van der Waals surface area contributed by atoms with Crippen LogP contribution in [-0.2, 0) is 16.6 Å². The Balaban J connectivity index is 1.93. The Hall–Kier alpha value is -1.89. The summed E-state index contributed by atoms with van der Waals surface area (Å²) in [4.78, 5) is 0.619. The van der Waals surface area contributed by atoms with Crippen molar-refractivity contribution in [2.45, 2.75) is 10.8 Å². The first kappa shape index (κ1) is 14.1. The Morgan fingerprint density at radius 2 is 1.76 bits per heavy atom. The van der Waals surface area contributed by atoms with Gasteiger partial charge in [0.1, 0.15) is 4.21 Å². The Bertz CT molecular complexity index is 885. The molecule has 0 aliphatic rings. The average molecular weight is 319 g/mol. The summed E-state index contributed by atoms with van der Waals surface area (Å²) >= 11 is 1.06. The van der Waals surface area contributed by atoms with Crippen LogP contribution in [0.3, 0.4) is 0 Å². The molecule has 3 rings (SSSR count). The molecule has 0 amide bonds. The van der Waals surface area contributed by atoms with Crippen LogP contribution in [0.15, 0.2) is 58.8 Å². The first-order valence-electron chi connectivity index (χ1n) is 6.30. The molecule has 4 nitrogen and oxygen atoms in total. The van der Waals surface area contributed by atoms with Crippen LogP contribution >= 0.6 is 11.3 Å². The van der Waals surface area contributed by atoms with Crippen LogP contribution in [0.1, 0.15) is 4.88 Å². The zero-order valence-corrected chi connectivity index (χ0v) is 12.6. The summed E-state index contributed by atoms with van der Waals surface area (Å²) in [6.45, 7) is -0.157. The van der Waals surface area contributed by atoms with Gasteiger partial charge in [-0.3, -0.25) is 4.72 Å². The average Bonchev–Trinajstić information content (AvgIpc) is 2.96. The fraction of sp³-hybridized carbons (Fsp3) is 0.0667. The second-order valence-corrected chi connectivity index (χ2v) is 7.62. The quantitative estimate of drug-likeness (QED) is 0.776. The monoisotopic (exact) mass is 319 g/mol. The number of aliphatic hydroxyl groups excluding tert-OH is 1. The maximum Gasteiger partial charge on any atom is 0.271 e. The molecule has 108 valence electrons. The standard InChI is InChI=1S/C15H13NO3S2/c17-10-14-7-8-15(20-14)21(18,19)16-13-6-5-11-3-1-2-4-12(11)9-13/h1-9,16-17H,10H2. The minimum Gasteiger partial charge on any atom is -0.391 e. The number of nitrogens with one attached hydrogen (secondary N) is 1. The number of anilines is 1. The number of aliphatic hydroxyl groups is 1. The molecule has 2 N–H and O–H groups in total. The van der Waals surface area contributed by atoms with Crippen LogP contribution < -0.4 is 4.72 Å². The Morgan fingerprint density at radius 3 is 2.48 bits per heavy atom. The highest BCUT2D eigenvalue weighted by Gasteiger charge is 2.16. The zero-order chi connectivity index (χ0) is 14.9. The molecular formula is C15H13NO3S2. The third kappa shape index (κ3) is 2.92. The van der Waals surface area contributed by atoms with E-state index < -0.39 is 10.0 Å². The van der Waals surface area contributed by atoms with Gasteiger partial charge in [-0.05, 0) is 35.0 Å². The highest BCUT2D eigenvalue weighted by atomic mass is 32.2. The first-order valence-corrected chi connectivity index (χ1v) is 8.60. The molecule has 0 fully saturated rings. The van der Waals surface area contributed by atoms with Gasteiger partial charge >= 0.3 is 0 Å². The third-order valence-electron chi connectivity index (χ3n) is 3.06. The lowest BCUT2D eigenvalue weighted by atomic mass is 10.1. The topological polar surface area (TPSA) is 66.4 Å². The molecule has 0 bridgehead atoms. The number of rotatable bonds is 4. The molecule has 2 aromatic carbocycles. The summed E-state index contributed by atoms with van der Waals surface area (Å²) in [5.74, 6) is 0. The van der Waals surface area contributed by atoms with Crippen molar-refractivity contribution in [2.24, 2.45) is 0 Å². The van der Waals surface area contributed by atoms with E-state index in [9.17, 15) is 8.42 Å². The molecule has 21 heavy (non-hydrogen) atoms. The van der Waals surface area contributed by atoms with E-state index in [1.165, 1.54) is 6.07 Å². The molecule has 0 saturated heterocycles. The number of hydrogen-bond acceptors (Lipinski definition) is 4. The van der Waals surface area contributed by atoms with E-state index in [2.05, 4.69) is 4.72 Å². The van der Waals surface area contributed by atoms with Gasteiger partial charge in [-0.2, -0.15) is 0 Å². The summed E-state index contributed by atoms with van der Waals surface area (Å²) in [6.07, 6.45) is 0. The summed E-state index contributed by atoms with van der Waals surface area (Å²) in [5, 5.41) is 11.0. The van der Waals surface area contributed by atoms with E-state index in [0.29, 0.717) is 10.6 Å². The first-order chi connectivity index (χ1) is 10.1. The van der Waals surface area contributed by atoms with Crippen LogP contribution in [0, 0.1) is 0 Å². The normalized spacial score (nSPS) is 11.7. The van der Waals surface area contributed by atoms with Crippen molar-refractivity contribution >= 4 is 37.8 Å². The maximum atomic E-state index is 12.3. The number of hydrogen-bond donors (Lipinski definition) is 2. The van der Waals surface area contributed by atoms with Crippen LogP contribution in [0.4, 0.5) is 5.69 Å². The van der Waals surface area contributed by atoms with Gasteiger partial charge in [-0.1, -0.05) is 30.3 Å². The SMILES string of the molecule is O=S(=O)(Nc1ccc2ccccc2c1)c1ccc(CO)s1. The van der Waals surface area contributed by atoms with Crippen molar-refractivity contribution in [1.29, 1.82) is 0 Å². The van der Waals surface area contributed by atoms with E-state index in [1.54, 1.807) is 18.2 Å². The summed E-state index contributed by atoms with van der Waals surface area (Å²) < 4.78 is 27.3. The van der Waals surface area contributed by atoms with Crippen molar-refractivity contribution in [3.8, 4) is 0 Å². The van der Waals surface area contributed by atoms with Gasteiger partial charge in [-0.15, -0.1) is 11.3 Å². The molecule has 0 spiro atoms. The lowest BCUT2D eigenvalue weighted by molar-refractivity contribution is 0.285. The Kier molecular flexibility index (Phi) is 3.67. The maximum absolute atomic E-state index is 12.3. The lowest BCUT2D eigenvalue weighted by Gasteiger charge is -2.07. The second-order valence-electron chi connectivity index (χ2n) is 4.55. The molecule has 0 aliphatic heterocycles. The summed E-state index contributed by atoms with van der Waals surface area (Å²) in [7, 11) is -3.61. The van der Waals surface area contributed by atoms with Crippen LogP contribution in [0.2, 0.25) is 0 Å². The summed E-state index contributed by atoms with van der Waals surface area (Å²) in [5.41, 5.74) is 0.521. The zero-order valence-electron chi connectivity index (χ0n) is 11.0. The molecule has 0 saturated carbocycles. The van der Waals surface area contributed by atoms with E-state index in [0.717, 1.165) is 22.1 Å². The lowest BCUT2D eigenvalue weighted by Crippen LogP contribution is -2.11. The van der Waals surface area contributed by atoms with E-state index in [1.807, 2.05) is 30.3 Å². The largest absolute Gasteiger partial charge is 0.391 e. The van der Waals surface area contributed by atoms with Gasteiger partial charge in [0.15, 0.2) is 0 Å². The van der Waals surface area contributed by atoms with E-state index in [4.69, 9.17) is 5.11 Å². The van der Waals surface area contributed by atoms with Crippen molar-refractivity contribution in [1.82, 2.24) is 0 Å². The Labute approximate surface area is 126 Å². The van der Waals surface area contributed by atoms with Crippen molar-refractivity contribution in [2.75, 3.05) is 4.72 Å². The molecule has 3 aromatic rings. The molecule has 0 atom stereocenters. The van der Waals surface area contributed by atoms with Crippen molar-refractivity contribution < 1.29 is 13.5 Å². The van der Waals surface area contributed by atoms with Crippen LogP contribution in [-0.4, -0.2) is 13.5 Å². The van der Waals surface area contributed by atoms with Crippen LogP contribution in [0.25, 0.3) is 10.8 Å². The predicted molar refractivity (Wildman–Crippen MR) is 85.0 cm³/mol. The van der Waals surface area contributed by atoms with Gasteiger partial charge < -0.3 is 5.11 Å². The molecule has 0 unspecified atom stereocenters. The fourth-order valence-corrected chi connectivity index (χ4v) is 4.31. The summed E-state index contributed by atoms with van der Waals surface area (Å²) in [6, 6.07) is 16.3. The Morgan fingerprint density at radius 1 is 1.00 bits per heavy atom. The molecule has 6 heteroatoms. The second kappa shape index (κ2) is 5.48. The highest BCUT2D eigenvalue weighted by Crippen LogP contribution is 2.25. The minimum absolute atomic E-state index is 0.157. The number of fused-ring (bicyclic) bond motifs is 1. The third-order valence-corrected chi connectivity index (χ3v) is 6.00. The van der Waals surface area contributed by atoms with Crippen LogP contribution in [0.5, 0.6) is 0 Å². The van der Waals surface area contributed by atoms with Gasteiger partial charge in [0.05, 0.1) is 6.61 Å². The predicted octanol–water partition coefficient (Wildman–Crippen LogP) is 3.19. The number of sulfonamides is 1. The van der Waals surface area contributed by atoms with E-state index in [-0.39, 0.29) is 10.8 Å². The highest BCUT2D eigenvalue weighted by molar-refractivity contribution is 7.94. The molecule has 0 aliphatic carbocycles. The molecular weight excluding hydrogens is 306 g/mol. The van der Waals surface area contributed by atoms with Gasteiger partial charge in [0.2, 0.25) is 0 Å². The van der Waals surface area contributed by atoms with Crippen molar-refractivity contribution in [3.63, 3.8) is 0 Å². The van der Waals surface area contributed by atoms with Crippen molar-refractivity contribution in [3.05, 3.63) is 59.5 Å². The smallest absolute Gasteiger partial charge is 0.271 e. The van der Waals surface area contributed by atoms with Gasteiger partial charge in [0.25, 0.3) is 10.0 Å². The number of thiophene rings is 1. The van der Waals surface area contributed by atoms with E-state index >= 15 is 0 Å². The van der Waals surface area contributed by atoms with Gasteiger partial charge in [0, 0.05) is 10.6 Å². The molecule has 1 heterocycles. The van der Waals surface area contributed by atoms with Gasteiger partial charge in [-0.25, -0.2) is 8.42 Å². The molecule has 1 aromatic heterocycles.